The molecule has 8 nitrogen and oxygen atoms in total. The minimum atomic E-state index is -0.627. The average Bonchev–Trinajstić information content (AvgIpc) is 3.19. The minimum absolute atomic E-state index is 0.176. The highest BCUT2D eigenvalue weighted by atomic mass is 16.5. The predicted octanol–water partition coefficient (Wildman–Crippen LogP) is 3.53. The first-order valence-electron chi connectivity index (χ1n) is 10.3. The zero-order valence-electron chi connectivity index (χ0n) is 17.9. The summed E-state index contributed by atoms with van der Waals surface area (Å²) in [6.07, 6.45) is 2.61. The van der Waals surface area contributed by atoms with E-state index in [1.807, 2.05) is 60.8 Å². The lowest BCUT2D eigenvalue weighted by molar-refractivity contribution is -0.124. The van der Waals surface area contributed by atoms with Gasteiger partial charge in [-0.2, -0.15) is 0 Å². The zero-order valence-corrected chi connectivity index (χ0v) is 17.9. The molecular formula is C24H25N5O3. The van der Waals surface area contributed by atoms with Crippen molar-refractivity contribution < 1.29 is 14.6 Å². The fraction of sp³-hybridized carbons (Fsp3) is 0.208. The van der Waals surface area contributed by atoms with Crippen molar-refractivity contribution in [2.24, 2.45) is 0 Å². The van der Waals surface area contributed by atoms with E-state index >= 15 is 0 Å². The molecule has 0 saturated carbocycles. The smallest absolute Gasteiger partial charge is 0.242 e. The van der Waals surface area contributed by atoms with Crippen molar-refractivity contribution in [2.75, 3.05) is 12.3 Å². The van der Waals surface area contributed by atoms with Crippen molar-refractivity contribution in [1.82, 2.24) is 19.9 Å². The number of nitrogens with one attached hydrogen (secondary N) is 1. The Morgan fingerprint density at radius 3 is 2.47 bits per heavy atom. The average molecular weight is 431 g/mol. The van der Waals surface area contributed by atoms with E-state index in [1.54, 1.807) is 18.4 Å². The number of nitrogens with two attached hydrogens (primary N) is 1. The third kappa shape index (κ3) is 4.40. The molecule has 0 aliphatic heterocycles. The highest BCUT2D eigenvalue weighted by Gasteiger charge is 2.22. The van der Waals surface area contributed by atoms with Crippen molar-refractivity contribution in [3.05, 3.63) is 67.1 Å². The van der Waals surface area contributed by atoms with Gasteiger partial charge in [-0.25, -0.2) is 9.97 Å². The van der Waals surface area contributed by atoms with Crippen molar-refractivity contribution in [1.29, 1.82) is 0 Å². The van der Waals surface area contributed by atoms with Crippen LogP contribution in [0.4, 0.5) is 5.82 Å². The van der Waals surface area contributed by atoms with Gasteiger partial charge in [-0.3, -0.25) is 4.79 Å². The van der Waals surface area contributed by atoms with Crippen LogP contribution in [0.15, 0.2) is 67.1 Å². The number of nitrogens with zero attached hydrogens (tertiary/aromatic N) is 3. The lowest BCUT2D eigenvalue weighted by atomic mass is 10.1. The van der Waals surface area contributed by atoms with Crippen molar-refractivity contribution in [3.63, 3.8) is 0 Å². The van der Waals surface area contributed by atoms with E-state index in [0.717, 1.165) is 16.9 Å². The number of hydrogen-bond acceptors (Lipinski definition) is 6. The van der Waals surface area contributed by atoms with Crippen LogP contribution in [0.2, 0.25) is 0 Å². The SMILES string of the molecule is CC(C(=O)NC[C@@H](C)O)n1cc(-c2ccc(Oc3ccccc3)cc2)c2c(N)ncnc21. The molecule has 2 aromatic carbocycles. The van der Waals surface area contributed by atoms with Crippen LogP contribution in [-0.2, 0) is 4.79 Å². The van der Waals surface area contributed by atoms with Crippen molar-refractivity contribution in [3.8, 4) is 22.6 Å². The first-order valence-corrected chi connectivity index (χ1v) is 10.3. The van der Waals surface area contributed by atoms with Crippen LogP contribution >= 0.6 is 0 Å². The molecule has 2 aromatic heterocycles. The number of benzene rings is 2. The van der Waals surface area contributed by atoms with Gasteiger partial charge in [0.05, 0.1) is 11.5 Å². The van der Waals surface area contributed by atoms with Crippen LogP contribution in [0.3, 0.4) is 0 Å². The Bertz CT molecular complexity index is 1220. The van der Waals surface area contributed by atoms with E-state index in [-0.39, 0.29) is 12.5 Å². The van der Waals surface area contributed by atoms with Crippen LogP contribution in [0.25, 0.3) is 22.2 Å². The molecule has 0 aliphatic carbocycles. The Morgan fingerprint density at radius 2 is 1.78 bits per heavy atom. The van der Waals surface area contributed by atoms with Gasteiger partial charge in [-0.05, 0) is 43.7 Å². The summed E-state index contributed by atoms with van der Waals surface area (Å²) in [7, 11) is 0. The van der Waals surface area contributed by atoms with Crippen LogP contribution < -0.4 is 15.8 Å². The summed E-state index contributed by atoms with van der Waals surface area (Å²) in [5.41, 5.74) is 8.47. The molecule has 4 N–H and O–H groups in total. The fourth-order valence-electron chi connectivity index (χ4n) is 3.47. The first kappa shape index (κ1) is 21.3. The van der Waals surface area contributed by atoms with Crippen LogP contribution in [-0.4, -0.2) is 38.2 Å². The Hall–Kier alpha value is -3.91. The van der Waals surface area contributed by atoms with Crippen LogP contribution in [0.5, 0.6) is 11.5 Å². The maximum atomic E-state index is 12.6. The molecule has 4 aromatic rings. The van der Waals surface area contributed by atoms with Gasteiger partial charge in [0.1, 0.15) is 35.3 Å². The van der Waals surface area contributed by atoms with Gasteiger partial charge in [0.15, 0.2) is 0 Å². The molecular weight excluding hydrogens is 406 g/mol. The molecule has 1 unspecified atom stereocenters. The standard InChI is InChI=1S/C24H25N5O3/c1-15(30)12-26-24(31)16(2)29-13-20(21-22(25)27-14-28-23(21)29)17-8-10-19(11-9-17)32-18-6-4-3-5-7-18/h3-11,13-16,30H,12H2,1-2H3,(H,26,31)(H2,25,27,28)/t15-,16?/m1/s1. The zero-order chi connectivity index (χ0) is 22.7. The quantitative estimate of drug-likeness (QED) is 0.412. The number of ether oxygens (including phenoxy) is 1. The van der Waals surface area contributed by atoms with Gasteiger partial charge in [0.2, 0.25) is 5.91 Å². The number of fused-ring (bicyclic) bond motifs is 1. The number of nitrogen functional groups attached to an aromatic ring is 1. The van der Waals surface area contributed by atoms with Gasteiger partial charge in [-0.1, -0.05) is 30.3 Å². The Balaban J connectivity index is 1.68. The third-order valence-corrected chi connectivity index (χ3v) is 5.15. The lowest BCUT2D eigenvalue weighted by Gasteiger charge is -2.15. The summed E-state index contributed by atoms with van der Waals surface area (Å²) in [6.45, 7) is 3.57. The van der Waals surface area contributed by atoms with Crippen LogP contribution in [0, 0.1) is 0 Å². The van der Waals surface area contributed by atoms with E-state index in [2.05, 4.69) is 15.3 Å². The number of aliphatic hydroxyl groups excluding tert-OH is 1. The van der Waals surface area contributed by atoms with Crippen molar-refractivity contribution >= 4 is 22.8 Å². The second-order valence-electron chi connectivity index (χ2n) is 7.62. The van der Waals surface area contributed by atoms with E-state index < -0.39 is 12.1 Å². The topological polar surface area (TPSA) is 115 Å². The molecule has 32 heavy (non-hydrogen) atoms. The minimum Gasteiger partial charge on any atom is -0.457 e. The Kier molecular flexibility index (Phi) is 6.04. The number of carbonyl (C=O) groups excluding carboxylic acids is 1. The van der Waals surface area contributed by atoms with E-state index in [0.29, 0.717) is 22.6 Å². The maximum Gasteiger partial charge on any atom is 0.242 e. The molecule has 2 atom stereocenters. The second kappa shape index (κ2) is 9.07. The third-order valence-electron chi connectivity index (χ3n) is 5.15. The molecule has 0 spiro atoms. The monoisotopic (exact) mass is 431 g/mol. The summed E-state index contributed by atoms with van der Waals surface area (Å²) in [5.74, 6) is 1.58. The number of para-hydroxylation sites is 1. The molecule has 0 aliphatic rings. The highest BCUT2D eigenvalue weighted by Crippen LogP contribution is 2.35. The molecule has 0 fully saturated rings. The summed E-state index contributed by atoms with van der Waals surface area (Å²) in [5, 5.41) is 12.9. The molecule has 0 radical (unpaired) electrons. The molecule has 4 rings (SSSR count). The number of aromatic nitrogens is 3. The number of carbonyl (C=O) groups is 1. The van der Waals surface area contributed by atoms with Crippen LogP contribution in [0.1, 0.15) is 19.9 Å². The van der Waals surface area contributed by atoms with Gasteiger partial charge in [0.25, 0.3) is 0 Å². The Labute approximate surface area is 185 Å². The Morgan fingerprint density at radius 1 is 1.09 bits per heavy atom. The van der Waals surface area contributed by atoms with Gasteiger partial charge < -0.3 is 25.5 Å². The number of aliphatic hydroxyl groups is 1. The van der Waals surface area contributed by atoms with Gasteiger partial charge in [0, 0.05) is 18.3 Å². The largest absolute Gasteiger partial charge is 0.457 e. The molecule has 164 valence electrons. The summed E-state index contributed by atoms with van der Waals surface area (Å²) in [6, 6.07) is 16.6. The molecule has 0 bridgehead atoms. The molecule has 0 saturated heterocycles. The number of hydrogen-bond donors (Lipinski definition) is 3. The van der Waals surface area contributed by atoms with E-state index in [9.17, 15) is 9.90 Å². The maximum absolute atomic E-state index is 12.6. The number of amides is 1. The predicted molar refractivity (Wildman–Crippen MR) is 123 cm³/mol. The highest BCUT2D eigenvalue weighted by molar-refractivity contribution is 6.01. The molecule has 8 heteroatoms. The number of anilines is 1. The van der Waals surface area contributed by atoms with Gasteiger partial charge >= 0.3 is 0 Å². The summed E-state index contributed by atoms with van der Waals surface area (Å²) < 4.78 is 7.65. The summed E-state index contributed by atoms with van der Waals surface area (Å²) in [4.78, 5) is 21.1. The van der Waals surface area contributed by atoms with Crippen molar-refractivity contribution in [2.45, 2.75) is 26.0 Å². The van der Waals surface area contributed by atoms with E-state index in [1.165, 1.54) is 6.33 Å². The molecule has 2 heterocycles. The normalized spacial score (nSPS) is 13.0. The lowest BCUT2D eigenvalue weighted by Crippen LogP contribution is -2.35. The number of rotatable bonds is 7. The molecule has 1 amide bonds. The fourth-order valence-corrected chi connectivity index (χ4v) is 3.47. The summed E-state index contributed by atoms with van der Waals surface area (Å²) >= 11 is 0. The van der Waals surface area contributed by atoms with Gasteiger partial charge in [-0.15, -0.1) is 0 Å². The first-order chi connectivity index (χ1) is 15.4. The second-order valence-corrected chi connectivity index (χ2v) is 7.62. The van der Waals surface area contributed by atoms with E-state index in [4.69, 9.17) is 10.5 Å².